The first-order valence-corrected chi connectivity index (χ1v) is 15.2. The van der Waals surface area contributed by atoms with Gasteiger partial charge in [0.2, 0.25) is 0 Å². The molecule has 4 saturated carbocycles. The van der Waals surface area contributed by atoms with Crippen molar-refractivity contribution in [3.05, 3.63) is 0 Å². The predicted octanol–water partition coefficient (Wildman–Crippen LogP) is 7.17. The van der Waals surface area contributed by atoms with Crippen LogP contribution in [0, 0.1) is 51.2 Å². The Kier molecular flexibility index (Phi) is 6.33. The molecule has 0 radical (unpaired) electrons. The number of hydrogen-bond donors (Lipinski definition) is 1. The van der Waals surface area contributed by atoms with Crippen LogP contribution in [-0.4, -0.2) is 35.0 Å². The molecular formula is C32H54O4. The molecular weight excluding hydrogens is 448 g/mol. The molecule has 1 N–H and O–H groups in total. The molecule has 0 aromatic carbocycles. The van der Waals surface area contributed by atoms with Crippen LogP contribution < -0.4 is 0 Å². The third-order valence-electron chi connectivity index (χ3n) is 13.2. The average Bonchev–Trinajstić information content (AvgIpc) is 3.41. The van der Waals surface area contributed by atoms with Crippen molar-refractivity contribution < 1.29 is 19.4 Å². The Morgan fingerprint density at radius 2 is 1.75 bits per heavy atom. The summed E-state index contributed by atoms with van der Waals surface area (Å²) in [5, 5.41) is 12.1. The van der Waals surface area contributed by atoms with Crippen LogP contribution in [0.15, 0.2) is 0 Å². The maximum atomic E-state index is 12.1. The Hall–Kier alpha value is -0.610. The fourth-order valence-electron chi connectivity index (χ4n) is 11.4. The number of rotatable bonds is 6. The highest BCUT2D eigenvalue weighted by molar-refractivity contribution is 5.66. The summed E-state index contributed by atoms with van der Waals surface area (Å²) in [6, 6.07) is 0. The van der Waals surface area contributed by atoms with Crippen LogP contribution >= 0.6 is 0 Å². The molecule has 36 heavy (non-hydrogen) atoms. The number of aliphatic hydroxyl groups is 1. The van der Waals surface area contributed by atoms with Crippen LogP contribution in [0.3, 0.4) is 0 Å². The Morgan fingerprint density at radius 3 is 2.39 bits per heavy atom. The first-order chi connectivity index (χ1) is 16.6. The minimum atomic E-state index is -0.328. The number of carbonyl (C=O) groups excluding carboxylic acids is 1. The van der Waals surface area contributed by atoms with Crippen molar-refractivity contribution in [3.63, 3.8) is 0 Å². The predicted molar refractivity (Wildman–Crippen MR) is 143 cm³/mol. The molecule has 0 amide bonds. The van der Waals surface area contributed by atoms with Crippen LogP contribution in [0.2, 0.25) is 0 Å². The van der Waals surface area contributed by atoms with E-state index in [4.69, 9.17) is 9.47 Å². The lowest BCUT2D eigenvalue weighted by Crippen LogP contribution is -2.70. The second-order valence-electron chi connectivity index (χ2n) is 15.6. The quantitative estimate of drug-likeness (QED) is 0.309. The van der Waals surface area contributed by atoms with E-state index in [1.54, 1.807) is 0 Å². The number of esters is 1. The van der Waals surface area contributed by atoms with Crippen LogP contribution in [0.25, 0.3) is 0 Å². The molecule has 1 spiro atoms. The van der Waals surface area contributed by atoms with Crippen molar-refractivity contribution in [2.45, 2.75) is 144 Å². The first-order valence-electron chi connectivity index (χ1n) is 15.2. The van der Waals surface area contributed by atoms with Gasteiger partial charge in [0, 0.05) is 23.7 Å². The van der Waals surface area contributed by atoms with Gasteiger partial charge >= 0.3 is 5.97 Å². The summed E-state index contributed by atoms with van der Waals surface area (Å²) >= 11 is 0. The second-order valence-corrected chi connectivity index (χ2v) is 15.6. The molecule has 0 bridgehead atoms. The van der Waals surface area contributed by atoms with Gasteiger partial charge in [0.15, 0.2) is 0 Å². The molecule has 11 atom stereocenters. The third kappa shape index (κ3) is 3.41. The van der Waals surface area contributed by atoms with Crippen molar-refractivity contribution in [2.75, 3.05) is 0 Å². The molecule has 4 heteroatoms. The van der Waals surface area contributed by atoms with Crippen molar-refractivity contribution in [3.8, 4) is 0 Å². The van der Waals surface area contributed by atoms with E-state index in [9.17, 15) is 9.90 Å². The summed E-state index contributed by atoms with van der Waals surface area (Å²) in [5.41, 5.74) is -0.0977. The highest BCUT2D eigenvalue weighted by Crippen LogP contribution is 2.81. The standard InChI is InChI=1S/C32H54O4/c1-19(2)11-10-12-20(3)22-13-16-31(9)30(22,8)18-23(34)27-29(7)15-14-25(35-21(4)33)28(5,6)24(29)17-26-32(27,31)36-26/h19-20,22-27,34H,10-18H2,1-9H3/t20?,22-,23?,24?,25+,26?,27?,29+,30-,31-,32?/m1/s1. The van der Waals surface area contributed by atoms with E-state index < -0.39 is 0 Å². The van der Waals surface area contributed by atoms with E-state index in [1.807, 2.05) is 0 Å². The van der Waals surface area contributed by atoms with Gasteiger partial charge in [-0.2, -0.15) is 0 Å². The molecule has 4 aliphatic carbocycles. The lowest BCUT2D eigenvalue weighted by atomic mass is 9.37. The second kappa shape index (κ2) is 8.44. The van der Waals surface area contributed by atoms with Crippen molar-refractivity contribution >= 4 is 5.97 Å². The summed E-state index contributed by atoms with van der Waals surface area (Å²) in [6.45, 7) is 20.8. The number of ether oxygens (including phenoxy) is 2. The van der Waals surface area contributed by atoms with Crippen molar-refractivity contribution in [1.29, 1.82) is 0 Å². The molecule has 1 heterocycles. The third-order valence-corrected chi connectivity index (χ3v) is 13.2. The first kappa shape index (κ1) is 27.0. The van der Waals surface area contributed by atoms with Crippen LogP contribution in [0.5, 0.6) is 0 Å². The van der Waals surface area contributed by atoms with Gasteiger partial charge in [-0.1, -0.05) is 74.7 Å². The highest BCUT2D eigenvalue weighted by Gasteiger charge is 2.85. The summed E-state index contributed by atoms with van der Waals surface area (Å²) in [7, 11) is 0. The molecule has 6 unspecified atom stereocenters. The van der Waals surface area contributed by atoms with E-state index in [-0.39, 0.29) is 57.5 Å². The zero-order valence-corrected chi connectivity index (χ0v) is 24.7. The molecule has 5 fully saturated rings. The van der Waals surface area contributed by atoms with Crippen molar-refractivity contribution in [2.24, 2.45) is 51.2 Å². The van der Waals surface area contributed by atoms with E-state index in [2.05, 4.69) is 55.4 Å². The van der Waals surface area contributed by atoms with Crippen LogP contribution in [-0.2, 0) is 14.3 Å². The Balaban J connectivity index is 1.45. The number of aliphatic hydroxyl groups excluding tert-OH is 1. The Labute approximate surface area is 220 Å². The molecule has 0 aromatic rings. The maximum Gasteiger partial charge on any atom is 0.302 e. The molecule has 1 aliphatic heterocycles. The fraction of sp³-hybridized carbons (Fsp3) is 0.969. The monoisotopic (exact) mass is 502 g/mol. The number of carbonyl (C=O) groups is 1. The van der Waals surface area contributed by atoms with E-state index in [0.29, 0.717) is 17.8 Å². The number of fused-ring (bicyclic) bond motifs is 3. The molecule has 4 nitrogen and oxygen atoms in total. The maximum absolute atomic E-state index is 12.1. The largest absolute Gasteiger partial charge is 0.462 e. The summed E-state index contributed by atoms with van der Waals surface area (Å²) < 4.78 is 12.8. The molecule has 0 aromatic heterocycles. The van der Waals surface area contributed by atoms with Gasteiger partial charge in [0.05, 0.1) is 12.2 Å². The molecule has 5 aliphatic rings. The van der Waals surface area contributed by atoms with Gasteiger partial charge in [-0.15, -0.1) is 0 Å². The zero-order valence-electron chi connectivity index (χ0n) is 24.7. The SMILES string of the molecule is CC(=O)O[C@H]1CC[C@@]2(C)C(CC3OC34C2C(O)C[C@]2(C)[C@@H](C(C)CCCC(C)C)CC[C@@]42C)C1(C)C. The molecule has 5 rings (SSSR count). The molecule has 1 saturated heterocycles. The number of hydrogen-bond acceptors (Lipinski definition) is 4. The molecule has 206 valence electrons. The summed E-state index contributed by atoms with van der Waals surface area (Å²) in [4.78, 5) is 11.9. The average molecular weight is 503 g/mol. The summed E-state index contributed by atoms with van der Waals surface area (Å²) in [6.07, 6.45) is 10.1. The Bertz CT molecular complexity index is 881. The van der Waals surface area contributed by atoms with Gasteiger partial charge in [-0.3, -0.25) is 4.79 Å². The van der Waals surface area contributed by atoms with E-state index in [0.717, 1.165) is 31.6 Å². The Morgan fingerprint density at radius 1 is 1.06 bits per heavy atom. The van der Waals surface area contributed by atoms with Gasteiger partial charge in [0.25, 0.3) is 0 Å². The van der Waals surface area contributed by atoms with Gasteiger partial charge in [-0.25, -0.2) is 0 Å². The minimum Gasteiger partial charge on any atom is -0.462 e. The fourth-order valence-corrected chi connectivity index (χ4v) is 11.4. The van der Waals surface area contributed by atoms with Crippen molar-refractivity contribution in [1.82, 2.24) is 0 Å². The van der Waals surface area contributed by atoms with Gasteiger partial charge in [0.1, 0.15) is 11.7 Å². The topological polar surface area (TPSA) is 59.1 Å². The zero-order chi connectivity index (χ0) is 26.5. The van der Waals surface area contributed by atoms with E-state index >= 15 is 0 Å². The normalized spacial score (nSPS) is 51.5. The lowest BCUT2D eigenvalue weighted by Gasteiger charge is -2.67. The smallest absolute Gasteiger partial charge is 0.302 e. The van der Waals surface area contributed by atoms with Crippen LogP contribution in [0.1, 0.15) is 120 Å². The number of epoxide rings is 1. The van der Waals surface area contributed by atoms with Gasteiger partial charge < -0.3 is 14.6 Å². The summed E-state index contributed by atoms with van der Waals surface area (Å²) in [5.74, 6) is 2.49. The van der Waals surface area contributed by atoms with Crippen LogP contribution in [0.4, 0.5) is 0 Å². The highest BCUT2D eigenvalue weighted by atomic mass is 16.6. The lowest BCUT2D eigenvalue weighted by molar-refractivity contribution is -0.228. The van der Waals surface area contributed by atoms with E-state index in [1.165, 1.54) is 39.0 Å². The minimum absolute atomic E-state index is 0.00211. The van der Waals surface area contributed by atoms with Gasteiger partial charge in [-0.05, 0) is 73.0 Å².